The van der Waals surface area contributed by atoms with Gasteiger partial charge < -0.3 is 4.90 Å². The first-order valence-corrected chi connectivity index (χ1v) is 7.25. The second-order valence-electron chi connectivity index (χ2n) is 5.20. The molecule has 3 nitrogen and oxygen atoms in total. The highest BCUT2D eigenvalue weighted by Crippen LogP contribution is 2.27. The molecule has 0 bridgehead atoms. The van der Waals surface area contributed by atoms with Gasteiger partial charge in [-0.3, -0.25) is 0 Å². The molecule has 0 N–H and O–H groups in total. The fraction of sp³-hybridized carbons (Fsp3) is 0.714. The fourth-order valence-corrected chi connectivity index (χ4v) is 2.84. The van der Waals surface area contributed by atoms with Crippen molar-refractivity contribution in [2.24, 2.45) is 5.92 Å². The van der Waals surface area contributed by atoms with Crippen LogP contribution in [0.15, 0.2) is 0 Å². The summed E-state index contributed by atoms with van der Waals surface area (Å²) in [5.41, 5.74) is 1.90. The Balaban J connectivity index is 2.18. The zero-order valence-electron chi connectivity index (χ0n) is 11.5. The first-order valence-electron chi connectivity index (χ1n) is 6.87. The van der Waals surface area contributed by atoms with Crippen LogP contribution in [-0.2, 0) is 0 Å². The van der Waals surface area contributed by atoms with Gasteiger partial charge >= 0.3 is 0 Å². The summed E-state index contributed by atoms with van der Waals surface area (Å²) in [7, 11) is 0. The van der Waals surface area contributed by atoms with Crippen LogP contribution in [0, 0.1) is 19.8 Å². The normalized spacial score (nSPS) is 20.9. The average Bonchev–Trinajstić information content (AvgIpc) is 2.59. The van der Waals surface area contributed by atoms with Crippen molar-refractivity contribution in [2.45, 2.75) is 46.5 Å². The van der Waals surface area contributed by atoms with Crippen LogP contribution >= 0.6 is 11.6 Å². The van der Waals surface area contributed by atoms with Crippen molar-refractivity contribution in [3.8, 4) is 0 Å². The van der Waals surface area contributed by atoms with Gasteiger partial charge in [-0.25, -0.2) is 9.97 Å². The first kappa shape index (κ1) is 13.6. The number of nitrogens with zero attached hydrogens (tertiary/aromatic N) is 3. The summed E-state index contributed by atoms with van der Waals surface area (Å²) in [6, 6.07) is 0. The van der Waals surface area contributed by atoms with E-state index in [9.17, 15) is 0 Å². The van der Waals surface area contributed by atoms with E-state index < -0.39 is 0 Å². The highest BCUT2D eigenvalue weighted by atomic mass is 35.5. The first-order chi connectivity index (χ1) is 8.61. The molecule has 1 aromatic rings. The van der Waals surface area contributed by atoms with Gasteiger partial charge in [-0.1, -0.05) is 24.9 Å². The van der Waals surface area contributed by atoms with Crippen molar-refractivity contribution in [3.63, 3.8) is 0 Å². The monoisotopic (exact) mass is 267 g/mol. The molecule has 18 heavy (non-hydrogen) atoms. The third-order valence-corrected chi connectivity index (χ3v) is 4.23. The Morgan fingerprint density at radius 3 is 2.61 bits per heavy atom. The summed E-state index contributed by atoms with van der Waals surface area (Å²) in [6.07, 6.45) is 5.06. The number of hydrogen-bond donors (Lipinski definition) is 0. The van der Waals surface area contributed by atoms with E-state index in [2.05, 4.69) is 21.8 Å². The third-order valence-electron chi connectivity index (χ3n) is 3.97. The maximum absolute atomic E-state index is 6.24. The molecular formula is C14H22ClN3. The van der Waals surface area contributed by atoms with Gasteiger partial charge in [0.05, 0.1) is 11.4 Å². The van der Waals surface area contributed by atoms with Crippen LogP contribution in [0.3, 0.4) is 0 Å². The van der Waals surface area contributed by atoms with Gasteiger partial charge in [0.2, 0.25) is 0 Å². The van der Waals surface area contributed by atoms with Crippen molar-refractivity contribution in [2.75, 3.05) is 18.0 Å². The van der Waals surface area contributed by atoms with Crippen LogP contribution < -0.4 is 4.90 Å². The Kier molecular flexibility index (Phi) is 4.44. The van der Waals surface area contributed by atoms with E-state index in [4.69, 9.17) is 11.6 Å². The zero-order valence-corrected chi connectivity index (χ0v) is 12.3. The molecule has 1 aliphatic heterocycles. The molecule has 100 valence electrons. The van der Waals surface area contributed by atoms with Crippen LogP contribution in [0.25, 0.3) is 0 Å². The van der Waals surface area contributed by atoms with Crippen LogP contribution in [-0.4, -0.2) is 23.1 Å². The number of anilines is 1. The molecule has 0 amide bonds. The Hall–Kier alpha value is -0.830. The quantitative estimate of drug-likeness (QED) is 0.817. The smallest absolute Gasteiger partial charge is 0.171 e. The molecule has 1 unspecified atom stereocenters. The summed E-state index contributed by atoms with van der Waals surface area (Å²) in [5.74, 6) is 1.73. The molecule has 1 atom stereocenters. The van der Waals surface area contributed by atoms with Crippen LogP contribution in [0.4, 0.5) is 5.82 Å². The zero-order chi connectivity index (χ0) is 13.1. The van der Waals surface area contributed by atoms with E-state index in [1.165, 1.54) is 25.7 Å². The van der Waals surface area contributed by atoms with E-state index in [1.807, 2.05) is 13.8 Å². The summed E-state index contributed by atoms with van der Waals surface area (Å²) in [5, 5.41) is 0.549. The van der Waals surface area contributed by atoms with Crippen molar-refractivity contribution < 1.29 is 0 Å². The second kappa shape index (κ2) is 5.87. The molecule has 0 radical (unpaired) electrons. The van der Waals surface area contributed by atoms with Gasteiger partial charge in [0.15, 0.2) is 11.0 Å². The lowest BCUT2D eigenvalue weighted by Crippen LogP contribution is -2.26. The number of hydrogen-bond acceptors (Lipinski definition) is 3. The minimum Gasteiger partial charge on any atom is -0.354 e. The molecular weight excluding hydrogens is 246 g/mol. The highest BCUT2D eigenvalue weighted by Gasteiger charge is 2.19. The SMILES string of the molecule is CCC1CCCN(c2nc(C)c(C)nc2Cl)CC1. The predicted octanol–water partition coefficient (Wildman–Crippen LogP) is 3.76. The van der Waals surface area contributed by atoms with E-state index in [0.717, 1.165) is 36.2 Å². The lowest BCUT2D eigenvalue weighted by Gasteiger charge is -2.23. The van der Waals surface area contributed by atoms with Crippen molar-refractivity contribution in [3.05, 3.63) is 16.5 Å². The summed E-state index contributed by atoms with van der Waals surface area (Å²) in [4.78, 5) is 11.3. The summed E-state index contributed by atoms with van der Waals surface area (Å²) in [6.45, 7) is 8.33. The Bertz CT molecular complexity index is 420. The second-order valence-corrected chi connectivity index (χ2v) is 5.56. The average molecular weight is 268 g/mol. The van der Waals surface area contributed by atoms with Crippen molar-refractivity contribution in [1.82, 2.24) is 9.97 Å². The van der Waals surface area contributed by atoms with Gasteiger partial charge in [-0.2, -0.15) is 0 Å². The molecule has 0 aliphatic carbocycles. The number of halogens is 1. The van der Waals surface area contributed by atoms with E-state index in [-0.39, 0.29) is 0 Å². The maximum atomic E-state index is 6.24. The van der Waals surface area contributed by atoms with Gasteiger partial charge in [0.1, 0.15) is 0 Å². The fourth-order valence-electron chi connectivity index (χ4n) is 2.55. The molecule has 1 aliphatic rings. The van der Waals surface area contributed by atoms with Gasteiger partial charge in [0.25, 0.3) is 0 Å². The Labute approximate surface area is 115 Å². The van der Waals surface area contributed by atoms with Gasteiger partial charge in [-0.15, -0.1) is 0 Å². The maximum Gasteiger partial charge on any atom is 0.171 e. The molecule has 1 aromatic heterocycles. The standard InChI is InChI=1S/C14H22ClN3/c1-4-12-6-5-8-18(9-7-12)14-13(15)16-10(2)11(3)17-14/h12H,4-9H2,1-3H3. The number of aromatic nitrogens is 2. The lowest BCUT2D eigenvalue weighted by molar-refractivity contribution is 0.459. The molecule has 0 saturated carbocycles. The van der Waals surface area contributed by atoms with Crippen molar-refractivity contribution in [1.29, 1.82) is 0 Å². The lowest BCUT2D eigenvalue weighted by atomic mass is 9.98. The third kappa shape index (κ3) is 2.94. The van der Waals surface area contributed by atoms with E-state index in [1.54, 1.807) is 0 Å². The minimum absolute atomic E-state index is 0.549. The molecule has 1 fully saturated rings. The summed E-state index contributed by atoms with van der Waals surface area (Å²) < 4.78 is 0. The Morgan fingerprint density at radius 1 is 1.17 bits per heavy atom. The van der Waals surface area contributed by atoms with E-state index >= 15 is 0 Å². The molecule has 0 spiro atoms. The molecule has 0 aromatic carbocycles. The topological polar surface area (TPSA) is 29.0 Å². The largest absolute Gasteiger partial charge is 0.354 e. The van der Waals surface area contributed by atoms with Crippen LogP contribution in [0.1, 0.15) is 44.0 Å². The van der Waals surface area contributed by atoms with Crippen LogP contribution in [0.2, 0.25) is 5.15 Å². The molecule has 4 heteroatoms. The van der Waals surface area contributed by atoms with Gasteiger partial charge in [0, 0.05) is 13.1 Å². The van der Waals surface area contributed by atoms with Crippen LogP contribution in [0.5, 0.6) is 0 Å². The highest BCUT2D eigenvalue weighted by molar-refractivity contribution is 6.31. The molecule has 1 saturated heterocycles. The number of aryl methyl sites for hydroxylation is 2. The van der Waals surface area contributed by atoms with Crippen molar-refractivity contribution >= 4 is 17.4 Å². The predicted molar refractivity (Wildman–Crippen MR) is 76.4 cm³/mol. The minimum atomic E-state index is 0.549. The Morgan fingerprint density at radius 2 is 1.89 bits per heavy atom. The van der Waals surface area contributed by atoms with Gasteiger partial charge in [-0.05, 0) is 39.0 Å². The molecule has 2 heterocycles. The van der Waals surface area contributed by atoms with E-state index in [0.29, 0.717) is 5.15 Å². The number of rotatable bonds is 2. The summed E-state index contributed by atoms with van der Waals surface area (Å²) >= 11 is 6.24. The molecule has 2 rings (SSSR count).